The van der Waals surface area contributed by atoms with Gasteiger partial charge in [0.2, 0.25) is 11.8 Å². The number of hydrogen-bond acceptors (Lipinski definition) is 7. The Morgan fingerprint density at radius 3 is 2.41 bits per heavy atom. The minimum Gasteiger partial charge on any atom is -0.411 e. The van der Waals surface area contributed by atoms with Crippen LogP contribution >= 0.6 is 23.4 Å². The Bertz CT molecular complexity index is 1070. The molecular weight excluding hydrogens is 467 g/mol. The summed E-state index contributed by atoms with van der Waals surface area (Å²) in [5.74, 6) is 0.858. The highest BCUT2D eigenvalue weighted by Gasteiger charge is 2.31. The number of anilines is 1. The smallest absolute Gasteiger partial charge is 0.411 e. The van der Waals surface area contributed by atoms with E-state index in [4.69, 9.17) is 16.0 Å². The Labute approximate surface area is 190 Å². The molecule has 0 aliphatic carbocycles. The zero-order chi connectivity index (χ0) is 22.7. The number of piperazine rings is 1. The third-order valence-corrected chi connectivity index (χ3v) is 5.90. The summed E-state index contributed by atoms with van der Waals surface area (Å²) in [7, 11) is 0. The fourth-order valence-electron chi connectivity index (χ4n) is 3.12. The van der Waals surface area contributed by atoms with E-state index in [0.29, 0.717) is 42.9 Å². The average molecular weight is 484 g/mol. The fraction of sp³-hybridized carbons (Fsp3) is 0.300. The minimum atomic E-state index is -4.41. The minimum absolute atomic E-state index is 0.0822. The molecule has 7 nitrogen and oxygen atoms in total. The molecule has 0 bridgehead atoms. The summed E-state index contributed by atoms with van der Waals surface area (Å²) in [6.45, 7) is 1.86. The molecular formula is C20H17ClF3N5O2S. The van der Waals surface area contributed by atoms with Crippen molar-refractivity contribution in [2.45, 2.75) is 11.4 Å². The number of hydrogen-bond donors (Lipinski definition) is 0. The number of aromatic nitrogens is 3. The first-order valence-corrected chi connectivity index (χ1v) is 10.9. The zero-order valence-corrected chi connectivity index (χ0v) is 18.1. The van der Waals surface area contributed by atoms with Crippen molar-refractivity contribution >= 4 is 35.1 Å². The summed E-state index contributed by atoms with van der Waals surface area (Å²) in [5, 5.41) is 8.82. The summed E-state index contributed by atoms with van der Waals surface area (Å²) in [6.07, 6.45) is -3.59. The van der Waals surface area contributed by atoms with Crippen LogP contribution < -0.4 is 4.90 Å². The quantitative estimate of drug-likeness (QED) is 0.502. The van der Waals surface area contributed by atoms with Gasteiger partial charge in [0.1, 0.15) is 5.82 Å². The molecule has 3 aromatic rings. The Kier molecular flexibility index (Phi) is 6.56. The standard InChI is InChI=1S/C20H17ClF3N5O2S/c21-15-4-1-13(2-5-15)18-26-27-19(31-18)32-12-17(30)29-9-7-28(8-10-29)16-6-3-14(11-25-16)20(22,23)24/h1-6,11H,7-10,12H2. The summed E-state index contributed by atoms with van der Waals surface area (Å²) in [5.41, 5.74) is -0.0552. The highest BCUT2D eigenvalue weighted by molar-refractivity contribution is 7.99. The Balaban J connectivity index is 1.26. The molecule has 1 amide bonds. The first-order chi connectivity index (χ1) is 15.3. The molecule has 1 aromatic carbocycles. The number of halogens is 4. The van der Waals surface area contributed by atoms with E-state index in [-0.39, 0.29) is 16.9 Å². The van der Waals surface area contributed by atoms with Crippen LogP contribution in [-0.4, -0.2) is 57.9 Å². The molecule has 0 saturated carbocycles. The van der Waals surface area contributed by atoms with Crippen LogP contribution in [-0.2, 0) is 11.0 Å². The van der Waals surface area contributed by atoms with E-state index in [1.54, 1.807) is 29.2 Å². The molecule has 1 fully saturated rings. The van der Waals surface area contributed by atoms with Crippen LogP contribution in [0.25, 0.3) is 11.5 Å². The summed E-state index contributed by atoms with van der Waals surface area (Å²) >= 11 is 7.02. The second kappa shape index (κ2) is 9.37. The van der Waals surface area contributed by atoms with Gasteiger partial charge < -0.3 is 14.2 Å². The van der Waals surface area contributed by atoms with E-state index in [9.17, 15) is 18.0 Å². The van der Waals surface area contributed by atoms with Gasteiger partial charge in [-0.1, -0.05) is 23.4 Å². The van der Waals surface area contributed by atoms with Gasteiger partial charge in [-0.05, 0) is 36.4 Å². The van der Waals surface area contributed by atoms with Crippen molar-refractivity contribution in [2.24, 2.45) is 0 Å². The number of pyridine rings is 1. The van der Waals surface area contributed by atoms with E-state index in [1.807, 2.05) is 4.90 Å². The van der Waals surface area contributed by atoms with Crippen LogP contribution in [0.1, 0.15) is 5.56 Å². The van der Waals surface area contributed by atoms with Crippen molar-refractivity contribution < 1.29 is 22.4 Å². The van der Waals surface area contributed by atoms with Gasteiger partial charge in [-0.25, -0.2) is 4.98 Å². The van der Waals surface area contributed by atoms with Gasteiger partial charge in [-0.15, -0.1) is 10.2 Å². The Hall–Kier alpha value is -2.79. The summed E-state index contributed by atoms with van der Waals surface area (Å²) in [6, 6.07) is 9.33. The highest BCUT2D eigenvalue weighted by atomic mass is 35.5. The first kappa shape index (κ1) is 22.4. The summed E-state index contributed by atoms with van der Waals surface area (Å²) < 4.78 is 43.6. The van der Waals surface area contributed by atoms with Crippen molar-refractivity contribution in [3.8, 4) is 11.5 Å². The predicted octanol–water partition coefficient (Wildman–Crippen LogP) is 4.24. The molecule has 3 heterocycles. The predicted molar refractivity (Wildman–Crippen MR) is 114 cm³/mol. The van der Waals surface area contributed by atoms with Crippen molar-refractivity contribution in [1.29, 1.82) is 0 Å². The molecule has 0 N–H and O–H groups in total. The van der Waals surface area contributed by atoms with Gasteiger partial charge in [0.15, 0.2) is 0 Å². The van der Waals surface area contributed by atoms with Crippen molar-refractivity contribution in [1.82, 2.24) is 20.1 Å². The number of thioether (sulfide) groups is 1. The Morgan fingerprint density at radius 2 is 1.78 bits per heavy atom. The maximum absolute atomic E-state index is 12.7. The van der Waals surface area contributed by atoms with Crippen molar-refractivity contribution in [3.63, 3.8) is 0 Å². The van der Waals surface area contributed by atoms with Crippen molar-refractivity contribution in [2.75, 3.05) is 36.8 Å². The maximum atomic E-state index is 12.7. The molecule has 168 valence electrons. The number of rotatable bonds is 5. The van der Waals surface area contributed by atoms with Gasteiger partial charge >= 0.3 is 6.18 Å². The molecule has 0 unspecified atom stereocenters. The van der Waals surface area contributed by atoms with Crippen LogP contribution in [0.2, 0.25) is 5.02 Å². The number of nitrogens with zero attached hydrogens (tertiary/aromatic N) is 5. The molecule has 12 heteroatoms. The molecule has 0 atom stereocenters. The Morgan fingerprint density at radius 1 is 1.06 bits per heavy atom. The van der Waals surface area contributed by atoms with E-state index in [1.165, 1.54) is 6.07 Å². The van der Waals surface area contributed by atoms with Gasteiger partial charge in [0.05, 0.1) is 11.3 Å². The average Bonchev–Trinajstić information content (AvgIpc) is 3.27. The highest BCUT2D eigenvalue weighted by Crippen LogP contribution is 2.29. The maximum Gasteiger partial charge on any atom is 0.417 e. The lowest BCUT2D eigenvalue weighted by atomic mass is 10.2. The SMILES string of the molecule is O=C(CSc1nnc(-c2ccc(Cl)cc2)o1)N1CCN(c2ccc(C(F)(F)F)cn2)CC1. The largest absolute Gasteiger partial charge is 0.417 e. The van der Waals surface area contributed by atoms with E-state index < -0.39 is 11.7 Å². The lowest BCUT2D eigenvalue weighted by Crippen LogP contribution is -2.49. The lowest BCUT2D eigenvalue weighted by Gasteiger charge is -2.35. The molecule has 1 saturated heterocycles. The van der Waals surface area contributed by atoms with Crippen LogP contribution in [0.4, 0.5) is 19.0 Å². The number of carbonyl (C=O) groups excluding carboxylic acids is 1. The molecule has 1 aliphatic heterocycles. The number of carbonyl (C=O) groups is 1. The molecule has 0 spiro atoms. The van der Waals surface area contributed by atoms with Crippen LogP contribution in [0.5, 0.6) is 0 Å². The van der Waals surface area contributed by atoms with Gasteiger partial charge in [-0.3, -0.25) is 4.79 Å². The number of alkyl halides is 3. The van der Waals surface area contributed by atoms with Crippen LogP contribution in [0, 0.1) is 0 Å². The van der Waals surface area contributed by atoms with E-state index in [2.05, 4.69) is 15.2 Å². The molecule has 2 aromatic heterocycles. The molecule has 1 aliphatic rings. The molecule has 0 radical (unpaired) electrons. The number of amides is 1. The second-order valence-corrected chi connectivity index (χ2v) is 8.30. The zero-order valence-electron chi connectivity index (χ0n) is 16.5. The van der Waals surface area contributed by atoms with E-state index in [0.717, 1.165) is 29.6 Å². The fourth-order valence-corrected chi connectivity index (χ4v) is 3.91. The normalized spacial score (nSPS) is 14.6. The van der Waals surface area contributed by atoms with Crippen LogP contribution in [0.3, 0.4) is 0 Å². The number of benzene rings is 1. The second-order valence-electron chi connectivity index (χ2n) is 6.94. The first-order valence-electron chi connectivity index (χ1n) is 9.58. The van der Waals surface area contributed by atoms with Crippen molar-refractivity contribution in [3.05, 3.63) is 53.2 Å². The topological polar surface area (TPSA) is 75.4 Å². The third-order valence-electron chi connectivity index (χ3n) is 4.85. The van der Waals surface area contributed by atoms with Crippen LogP contribution in [0.15, 0.2) is 52.2 Å². The van der Waals surface area contributed by atoms with Gasteiger partial charge in [0, 0.05) is 43.0 Å². The third kappa shape index (κ3) is 5.33. The lowest BCUT2D eigenvalue weighted by molar-refractivity contribution is -0.137. The van der Waals surface area contributed by atoms with E-state index >= 15 is 0 Å². The summed E-state index contributed by atoms with van der Waals surface area (Å²) in [4.78, 5) is 20.0. The van der Waals surface area contributed by atoms with Gasteiger partial charge in [-0.2, -0.15) is 13.2 Å². The monoisotopic (exact) mass is 483 g/mol. The molecule has 32 heavy (non-hydrogen) atoms. The van der Waals surface area contributed by atoms with Gasteiger partial charge in [0.25, 0.3) is 5.22 Å². The molecule has 4 rings (SSSR count).